The fourth-order valence-corrected chi connectivity index (χ4v) is 4.53. The van der Waals surface area contributed by atoms with Crippen molar-refractivity contribution in [1.82, 2.24) is 4.90 Å². The van der Waals surface area contributed by atoms with E-state index >= 15 is 0 Å². The van der Waals surface area contributed by atoms with Crippen LogP contribution in [-0.2, 0) is 29.6 Å². The lowest BCUT2D eigenvalue weighted by atomic mass is 9.94. The lowest BCUT2D eigenvalue weighted by molar-refractivity contribution is -0.221. The number of ether oxygens (including phenoxy) is 3. The maximum atomic E-state index is 13.7. The summed E-state index contributed by atoms with van der Waals surface area (Å²) in [5.41, 5.74) is 2.67. The molecule has 3 aromatic rings. The van der Waals surface area contributed by atoms with Crippen LogP contribution < -0.4 is 0 Å². The summed E-state index contributed by atoms with van der Waals surface area (Å²) in [5, 5.41) is 0. The third kappa shape index (κ3) is 3.38. The number of rotatable bonds is 5. The summed E-state index contributed by atoms with van der Waals surface area (Å²) >= 11 is 0. The predicted molar refractivity (Wildman–Crippen MR) is 116 cm³/mol. The molecule has 2 aliphatic rings. The van der Waals surface area contributed by atoms with Crippen LogP contribution in [0.25, 0.3) is 0 Å². The lowest BCUT2D eigenvalue weighted by Gasteiger charge is -2.42. The summed E-state index contributed by atoms with van der Waals surface area (Å²) in [5.74, 6) is -2.19. The van der Waals surface area contributed by atoms with Gasteiger partial charge in [-0.25, -0.2) is 4.79 Å². The van der Waals surface area contributed by atoms with E-state index in [4.69, 9.17) is 14.2 Å². The molecule has 2 fully saturated rings. The monoisotopic (exact) mass is 429 g/mol. The molecule has 6 heteroatoms. The summed E-state index contributed by atoms with van der Waals surface area (Å²) in [7, 11) is 1.28. The Morgan fingerprint density at radius 1 is 0.906 bits per heavy atom. The van der Waals surface area contributed by atoms with Crippen LogP contribution in [0.5, 0.6) is 0 Å². The van der Waals surface area contributed by atoms with Gasteiger partial charge >= 0.3 is 5.97 Å². The second-order valence-electron chi connectivity index (χ2n) is 7.91. The largest absolute Gasteiger partial charge is 0.467 e. The third-order valence-electron chi connectivity index (χ3n) is 6.00. The summed E-state index contributed by atoms with van der Waals surface area (Å²) in [6, 6.07) is 28.7. The number of esters is 1. The first kappa shape index (κ1) is 20.4. The minimum atomic E-state index is -1.26. The molecule has 6 nitrogen and oxygen atoms in total. The van der Waals surface area contributed by atoms with Gasteiger partial charge in [0.2, 0.25) is 5.79 Å². The number of fused-ring (bicyclic) bond motifs is 2. The smallest absolute Gasteiger partial charge is 0.338 e. The van der Waals surface area contributed by atoms with E-state index in [0.717, 1.165) is 16.7 Å². The number of benzene rings is 3. The van der Waals surface area contributed by atoms with Crippen LogP contribution in [0, 0.1) is 0 Å². The van der Waals surface area contributed by atoms with Crippen LogP contribution in [0.15, 0.2) is 91.0 Å². The van der Waals surface area contributed by atoms with Crippen LogP contribution >= 0.6 is 0 Å². The Balaban J connectivity index is 1.63. The zero-order valence-electron chi connectivity index (χ0n) is 17.6. The van der Waals surface area contributed by atoms with Crippen molar-refractivity contribution in [3.63, 3.8) is 0 Å². The molecule has 0 unspecified atom stereocenters. The van der Waals surface area contributed by atoms with Gasteiger partial charge < -0.3 is 19.1 Å². The van der Waals surface area contributed by atoms with Gasteiger partial charge in [-0.15, -0.1) is 0 Å². The highest BCUT2D eigenvalue weighted by molar-refractivity contribution is 5.91. The van der Waals surface area contributed by atoms with Gasteiger partial charge in [0, 0.05) is 5.56 Å². The Bertz CT molecular complexity index is 1070. The summed E-state index contributed by atoms with van der Waals surface area (Å²) < 4.78 is 17.3. The standard InChI is InChI=1S/C26H23NO5/c1-30-25(29)23-22-24(28)27(17-26(31-22,32-23)20-15-9-4-10-16-20)21(18-11-5-2-6-12-18)19-13-7-3-8-14-19/h2-16,21-23H,17H2,1H3/t22-,23-,26-/m1/s1. The number of methoxy groups -OCH3 is 1. The molecule has 162 valence electrons. The van der Waals surface area contributed by atoms with Crippen molar-refractivity contribution in [3.8, 4) is 0 Å². The number of amides is 1. The Labute approximate surface area is 186 Å². The van der Waals surface area contributed by atoms with E-state index in [2.05, 4.69) is 0 Å². The molecular formula is C26H23NO5. The van der Waals surface area contributed by atoms with Crippen LogP contribution in [-0.4, -0.2) is 42.6 Å². The van der Waals surface area contributed by atoms with E-state index < -0.39 is 24.0 Å². The number of carbonyl (C=O) groups is 2. The molecule has 3 aromatic carbocycles. The SMILES string of the molecule is COC(=O)[C@@H]1O[C@@]2(c3ccccc3)CN(C(c3ccccc3)c3ccccc3)C(=O)[C@@H]1O2. The molecule has 32 heavy (non-hydrogen) atoms. The highest BCUT2D eigenvalue weighted by atomic mass is 16.8. The second kappa shape index (κ2) is 8.22. The lowest BCUT2D eigenvalue weighted by Crippen LogP contribution is -2.55. The van der Waals surface area contributed by atoms with Crippen LogP contribution in [0.4, 0.5) is 0 Å². The van der Waals surface area contributed by atoms with E-state index in [1.54, 1.807) is 4.90 Å². The summed E-state index contributed by atoms with van der Waals surface area (Å²) in [4.78, 5) is 27.9. The average Bonchev–Trinajstić information content (AvgIpc) is 3.20. The van der Waals surface area contributed by atoms with Gasteiger partial charge in [0.25, 0.3) is 5.91 Å². The van der Waals surface area contributed by atoms with Gasteiger partial charge in [-0.2, -0.15) is 0 Å². The van der Waals surface area contributed by atoms with Crippen molar-refractivity contribution in [2.24, 2.45) is 0 Å². The number of morpholine rings is 1. The van der Waals surface area contributed by atoms with Gasteiger partial charge in [0.1, 0.15) is 0 Å². The van der Waals surface area contributed by atoms with Gasteiger partial charge in [-0.3, -0.25) is 4.79 Å². The molecule has 2 heterocycles. The van der Waals surface area contributed by atoms with Crippen LogP contribution in [0.3, 0.4) is 0 Å². The number of hydrogen-bond donors (Lipinski definition) is 0. The van der Waals surface area contributed by atoms with E-state index in [9.17, 15) is 9.59 Å². The molecule has 0 N–H and O–H groups in total. The Morgan fingerprint density at radius 3 is 1.97 bits per heavy atom. The Morgan fingerprint density at radius 2 is 1.44 bits per heavy atom. The Kier molecular flexibility index (Phi) is 5.25. The zero-order chi connectivity index (χ0) is 22.1. The van der Waals surface area contributed by atoms with E-state index in [-0.39, 0.29) is 18.5 Å². The quantitative estimate of drug-likeness (QED) is 0.582. The number of carbonyl (C=O) groups excluding carboxylic acids is 2. The Hall–Kier alpha value is -3.48. The molecule has 2 aliphatic heterocycles. The van der Waals surface area contributed by atoms with Crippen molar-refractivity contribution in [2.75, 3.05) is 13.7 Å². The van der Waals surface area contributed by atoms with Crippen molar-refractivity contribution in [1.29, 1.82) is 0 Å². The van der Waals surface area contributed by atoms with E-state index in [1.165, 1.54) is 7.11 Å². The first-order valence-corrected chi connectivity index (χ1v) is 10.5. The van der Waals surface area contributed by atoms with Gasteiger partial charge in [-0.05, 0) is 11.1 Å². The molecule has 0 aromatic heterocycles. The van der Waals surface area contributed by atoms with Crippen molar-refractivity contribution >= 4 is 11.9 Å². The molecule has 5 rings (SSSR count). The molecule has 3 atom stereocenters. The molecule has 2 saturated heterocycles. The summed E-state index contributed by atoms with van der Waals surface area (Å²) in [6.45, 7) is 0.133. The molecule has 2 bridgehead atoms. The van der Waals surface area contributed by atoms with Gasteiger partial charge in [0.15, 0.2) is 12.2 Å². The second-order valence-corrected chi connectivity index (χ2v) is 7.91. The number of hydrogen-bond acceptors (Lipinski definition) is 5. The molecule has 0 saturated carbocycles. The summed E-state index contributed by atoms with van der Waals surface area (Å²) in [6.07, 6.45) is -2.23. The normalized spacial score (nSPS) is 24.6. The molecule has 1 amide bonds. The van der Waals surface area contributed by atoms with Gasteiger partial charge in [-0.1, -0.05) is 91.0 Å². The number of nitrogens with zero attached hydrogens (tertiary/aromatic N) is 1. The van der Waals surface area contributed by atoms with Crippen molar-refractivity contribution in [2.45, 2.75) is 24.0 Å². The first-order chi connectivity index (χ1) is 15.6. The maximum absolute atomic E-state index is 13.7. The first-order valence-electron chi connectivity index (χ1n) is 10.5. The highest BCUT2D eigenvalue weighted by Crippen LogP contribution is 2.46. The van der Waals surface area contributed by atoms with Crippen molar-refractivity contribution in [3.05, 3.63) is 108 Å². The van der Waals surface area contributed by atoms with Crippen molar-refractivity contribution < 1.29 is 23.8 Å². The topological polar surface area (TPSA) is 65.1 Å². The third-order valence-corrected chi connectivity index (χ3v) is 6.00. The fraction of sp³-hybridized carbons (Fsp3) is 0.231. The molecular weight excluding hydrogens is 406 g/mol. The zero-order valence-corrected chi connectivity index (χ0v) is 17.6. The molecule has 0 radical (unpaired) electrons. The minimum Gasteiger partial charge on any atom is -0.467 e. The minimum absolute atomic E-state index is 0.133. The molecule has 0 spiro atoms. The van der Waals surface area contributed by atoms with Crippen LogP contribution in [0.2, 0.25) is 0 Å². The average molecular weight is 429 g/mol. The van der Waals surface area contributed by atoms with E-state index in [0.29, 0.717) is 0 Å². The highest BCUT2D eigenvalue weighted by Gasteiger charge is 2.61. The van der Waals surface area contributed by atoms with Gasteiger partial charge in [0.05, 0.1) is 19.7 Å². The van der Waals surface area contributed by atoms with Crippen LogP contribution in [0.1, 0.15) is 22.7 Å². The van der Waals surface area contributed by atoms with E-state index in [1.807, 2.05) is 91.0 Å². The predicted octanol–water partition coefficient (Wildman–Crippen LogP) is 3.43. The molecule has 0 aliphatic carbocycles. The fourth-order valence-electron chi connectivity index (χ4n) is 4.53. The maximum Gasteiger partial charge on any atom is 0.338 e.